The van der Waals surface area contributed by atoms with Gasteiger partial charge >= 0.3 is 17.9 Å². The van der Waals surface area contributed by atoms with Gasteiger partial charge in [-0.05, 0) is 6.42 Å². The van der Waals surface area contributed by atoms with E-state index in [0.717, 1.165) is 25.0 Å². The van der Waals surface area contributed by atoms with E-state index in [-0.39, 0.29) is 18.6 Å². The first kappa shape index (κ1) is 41.9. The second-order valence-corrected chi connectivity index (χ2v) is 9.66. The molecule has 0 bridgehead atoms. The largest absolute Gasteiger partial charge is 0.481 e. The van der Waals surface area contributed by atoms with Crippen molar-refractivity contribution in [3.63, 3.8) is 0 Å². The van der Waals surface area contributed by atoms with Crippen molar-refractivity contribution in [1.29, 1.82) is 0 Å². The Morgan fingerprint density at radius 2 is 0.838 bits per heavy atom. The molecule has 220 valence electrons. The Morgan fingerprint density at radius 3 is 1.00 bits per heavy atom. The number of carbonyl (C=O) groups is 3. The van der Waals surface area contributed by atoms with Crippen LogP contribution in [-0.2, 0) is 14.4 Å². The van der Waals surface area contributed by atoms with Crippen LogP contribution in [0.2, 0.25) is 0 Å². The number of hydrogen-bond donors (Lipinski definition) is 5. The third-order valence-corrected chi connectivity index (χ3v) is 5.20. The van der Waals surface area contributed by atoms with E-state index in [1.54, 1.807) is 13.8 Å². The Balaban J connectivity index is -0.000000259. The van der Waals surface area contributed by atoms with Crippen molar-refractivity contribution in [2.24, 2.45) is 5.41 Å². The molecular formula is C29H56O8. The summed E-state index contributed by atoms with van der Waals surface area (Å²) in [6, 6.07) is 0. The van der Waals surface area contributed by atoms with Gasteiger partial charge in [-0.25, -0.2) is 9.59 Å². The average Bonchev–Trinajstić information content (AvgIpc) is 2.87. The van der Waals surface area contributed by atoms with E-state index in [2.05, 4.69) is 20.1 Å². The standard InChI is InChI=1S/C18H36O2.C5H12O2.2C3H4O2/c1-2-3-4-5-6-7-8-9-10-11-12-13-14-15-16-17-18(19)20;1-5(2,3-6)4-7;2*1-2-3(4)5/h2-17H2,1H3,(H,19,20);6-7H,3-4H2,1-2H3;2*2H,1H2,(H,4,5). The summed E-state index contributed by atoms with van der Waals surface area (Å²) in [5.41, 5.74) is -0.306. The second kappa shape index (κ2) is 33.8. The maximum absolute atomic E-state index is 10.3. The van der Waals surface area contributed by atoms with Gasteiger partial charge < -0.3 is 25.5 Å². The molecule has 0 aromatic heterocycles. The second-order valence-electron chi connectivity index (χ2n) is 9.66. The summed E-state index contributed by atoms with van der Waals surface area (Å²) in [5, 5.41) is 40.6. The number of carboxylic acid groups (broad SMARTS) is 3. The predicted octanol–water partition coefficient (Wildman–Crippen LogP) is 6.84. The van der Waals surface area contributed by atoms with Crippen molar-refractivity contribution < 1.29 is 39.9 Å². The van der Waals surface area contributed by atoms with Gasteiger partial charge in [-0.3, -0.25) is 4.79 Å². The highest BCUT2D eigenvalue weighted by Gasteiger charge is 2.13. The number of rotatable bonds is 20. The molecule has 0 saturated heterocycles. The van der Waals surface area contributed by atoms with Crippen LogP contribution in [0.25, 0.3) is 0 Å². The van der Waals surface area contributed by atoms with Gasteiger partial charge in [0.2, 0.25) is 0 Å². The molecule has 0 aliphatic carbocycles. The highest BCUT2D eigenvalue weighted by Crippen LogP contribution is 2.13. The molecule has 0 atom stereocenters. The zero-order valence-corrected chi connectivity index (χ0v) is 23.8. The van der Waals surface area contributed by atoms with Crippen molar-refractivity contribution in [3.05, 3.63) is 25.3 Å². The van der Waals surface area contributed by atoms with Crippen LogP contribution in [0.15, 0.2) is 25.3 Å². The summed E-state index contributed by atoms with van der Waals surface area (Å²) in [6.45, 7) is 11.9. The molecule has 0 radical (unpaired) electrons. The molecule has 0 heterocycles. The monoisotopic (exact) mass is 532 g/mol. The van der Waals surface area contributed by atoms with E-state index in [1.165, 1.54) is 83.5 Å². The Kier molecular flexibility index (Phi) is 38.3. The van der Waals surface area contributed by atoms with Gasteiger partial charge in [0.1, 0.15) is 0 Å². The van der Waals surface area contributed by atoms with Gasteiger partial charge in [0, 0.05) is 24.0 Å². The highest BCUT2D eigenvalue weighted by atomic mass is 16.4. The molecule has 0 fully saturated rings. The maximum Gasteiger partial charge on any atom is 0.327 e. The maximum atomic E-state index is 10.3. The fourth-order valence-electron chi connectivity index (χ4n) is 2.70. The minimum Gasteiger partial charge on any atom is -0.481 e. The molecule has 37 heavy (non-hydrogen) atoms. The van der Waals surface area contributed by atoms with Gasteiger partial charge in [0.25, 0.3) is 0 Å². The number of aliphatic carboxylic acids is 3. The molecule has 0 unspecified atom stereocenters. The number of hydrogen-bond acceptors (Lipinski definition) is 5. The summed E-state index contributed by atoms with van der Waals surface area (Å²) < 4.78 is 0. The predicted molar refractivity (Wildman–Crippen MR) is 151 cm³/mol. The van der Waals surface area contributed by atoms with Crippen LogP contribution in [0.1, 0.15) is 124 Å². The molecule has 0 spiro atoms. The third kappa shape index (κ3) is 55.6. The first-order valence-electron chi connectivity index (χ1n) is 13.6. The molecule has 5 N–H and O–H groups in total. The van der Waals surface area contributed by atoms with Crippen molar-refractivity contribution in [2.75, 3.05) is 13.2 Å². The van der Waals surface area contributed by atoms with E-state index in [0.29, 0.717) is 6.42 Å². The quantitative estimate of drug-likeness (QED) is 0.0843. The van der Waals surface area contributed by atoms with Gasteiger partial charge in [-0.2, -0.15) is 0 Å². The van der Waals surface area contributed by atoms with Crippen LogP contribution in [0.4, 0.5) is 0 Å². The molecule has 0 aromatic carbocycles. The van der Waals surface area contributed by atoms with Crippen molar-refractivity contribution >= 4 is 17.9 Å². The van der Waals surface area contributed by atoms with Crippen molar-refractivity contribution in [1.82, 2.24) is 0 Å². The van der Waals surface area contributed by atoms with E-state index < -0.39 is 17.9 Å². The number of unbranched alkanes of at least 4 members (excludes halogenated alkanes) is 14. The Hall–Kier alpha value is -2.19. The first-order valence-corrected chi connectivity index (χ1v) is 13.6. The molecule has 8 nitrogen and oxygen atoms in total. The molecule has 0 saturated carbocycles. The number of carboxylic acids is 3. The van der Waals surface area contributed by atoms with Crippen LogP contribution in [0.3, 0.4) is 0 Å². The Morgan fingerprint density at radius 1 is 0.595 bits per heavy atom. The summed E-state index contributed by atoms with van der Waals surface area (Å²) in [6.07, 6.45) is 21.9. The van der Waals surface area contributed by atoms with E-state index in [4.69, 9.17) is 25.5 Å². The molecule has 0 rings (SSSR count). The molecule has 8 heteroatoms. The Bertz CT molecular complexity index is 520. The highest BCUT2D eigenvalue weighted by molar-refractivity contribution is 5.79. The molecule has 0 aromatic rings. The summed E-state index contributed by atoms with van der Waals surface area (Å²) in [7, 11) is 0. The SMILES string of the molecule is C=CC(=O)O.C=CC(=O)O.CC(C)(CO)CO.CCCCCCCCCCCCCCCCCC(=O)O. The minimum atomic E-state index is -0.981. The summed E-state index contributed by atoms with van der Waals surface area (Å²) in [5.74, 6) is -2.62. The summed E-state index contributed by atoms with van der Waals surface area (Å²) in [4.78, 5) is 28.8. The molecule has 0 aliphatic rings. The summed E-state index contributed by atoms with van der Waals surface area (Å²) >= 11 is 0. The van der Waals surface area contributed by atoms with Gasteiger partial charge in [0.05, 0.1) is 13.2 Å². The molecule has 0 aliphatic heterocycles. The number of aliphatic hydroxyl groups is 2. The van der Waals surface area contributed by atoms with Gasteiger partial charge in [0.15, 0.2) is 0 Å². The van der Waals surface area contributed by atoms with Crippen molar-refractivity contribution in [2.45, 2.75) is 124 Å². The fourth-order valence-corrected chi connectivity index (χ4v) is 2.70. The smallest absolute Gasteiger partial charge is 0.327 e. The van der Waals surface area contributed by atoms with Crippen LogP contribution in [-0.4, -0.2) is 56.7 Å². The van der Waals surface area contributed by atoms with Gasteiger partial charge in [-0.15, -0.1) is 0 Å². The van der Waals surface area contributed by atoms with Crippen LogP contribution < -0.4 is 0 Å². The Labute approximate surface area is 225 Å². The minimum absolute atomic E-state index is 0.0451. The molecule has 0 amide bonds. The van der Waals surface area contributed by atoms with E-state index in [9.17, 15) is 14.4 Å². The molecular weight excluding hydrogens is 476 g/mol. The first-order chi connectivity index (χ1) is 17.4. The lowest BCUT2D eigenvalue weighted by Gasteiger charge is -2.16. The van der Waals surface area contributed by atoms with Crippen LogP contribution >= 0.6 is 0 Å². The zero-order valence-electron chi connectivity index (χ0n) is 23.8. The lowest BCUT2D eigenvalue weighted by Crippen LogP contribution is -2.20. The van der Waals surface area contributed by atoms with E-state index in [1.807, 2.05) is 0 Å². The fraction of sp³-hybridized carbons (Fsp3) is 0.759. The third-order valence-electron chi connectivity index (χ3n) is 5.20. The van der Waals surface area contributed by atoms with Crippen LogP contribution in [0.5, 0.6) is 0 Å². The van der Waals surface area contributed by atoms with Crippen LogP contribution in [0, 0.1) is 5.41 Å². The van der Waals surface area contributed by atoms with E-state index >= 15 is 0 Å². The normalized spacial score (nSPS) is 9.86. The lowest BCUT2D eigenvalue weighted by molar-refractivity contribution is -0.137. The van der Waals surface area contributed by atoms with Crippen molar-refractivity contribution in [3.8, 4) is 0 Å². The number of aliphatic hydroxyl groups excluding tert-OH is 2. The topological polar surface area (TPSA) is 152 Å². The zero-order chi connectivity index (χ0) is 29.4. The lowest BCUT2D eigenvalue weighted by atomic mass is 9.97. The van der Waals surface area contributed by atoms with Gasteiger partial charge in [-0.1, -0.05) is 124 Å². The average molecular weight is 533 g/mol.